The van der Waals surface area contributed by atoms with Crippen molar-refractivity contribution in [2.75, 3.05) is 6.61 Å². The molecule has 0 aliphatic rings. The van der Waals surface area contributed by atoms with Gasteiger partial charge in [-0.25, -0.2) is 0 Å². The maximum Gasteiger partial charge on any atom is 0.220 e. The van der Waals surface area contributed by atoms with Gasteiger partial charge in [0.15, 0.2) is 0 Å². The van der Waals surface area contributed by atoms with Gasteiger partial charge < -0.3 is 15.5 Å². The second-order valence-corrected chi connectivity index (χ2v) is 17.9. The van der Waals surface area contributed by atoms with Crippen LogP contribution in [0.2, 0.25) is 0 Å². The Bertz CT molecular complexity index is 769. The Morgan fingerprint density at radius 1 is 0.411 bits per heavy atom. The number of hydrogen-bond donors (Lipinski definition) is 3. The molecular weight excluding hydrogens is 687 g/mol. The lowest BCUT2D eigenvalue weighted by atomic mass is 10.0. The van der Waals surface area contributed by atoms with Gasteiger partial charge in [0, 0.05) is 6.42 Å². The lowest BCUT2D eigenvalue weighted by molar-refractivity contribution is -0.123. The molecule has 334 valence electrons. The third-order valence-electron chi connectivity index (χ3n) is 12.3. The molecule has 0 saturated carbocycles. The minimum Gasteiger partial charge on any atom is -0.394 e. The van der Waals surface area contributed by atoms with Crippen LogP contribution in [0.15, 0.2) is 12.2 Å². The van der Waals surface area contributed by atoms with Gasteiger partial charge in [-0.1, -0.05) is 264 Å². The summed E-state index contributed by atoms with van der Waals surface area (Å²) in [6, 6.07) is -0.536. The summed E-state index contributed by atoms with van der Waals surface area (Å²) in [4.78, 5) is 12.4. The zero-order chi connectivity index (χ0) is 40.7. The standard InChI is InChI=1S/C52H103NO3/c1-3-5-7-9-11-13-15-17-19-21-23-24-25-26-27-28-29-30-31-33-35-37-39-41-43-45-47-51(55)50(49-54)53-52(56)48-46-44-42-40-38-36-34-32-22-20-18-16-14-12-10-8-6-4-2/h20,22,50-51,54-55H,3-19,21,23-49H2,1-2H3,(H,53,56)/b22-20-. The number of unbranched alkanes of at least 4 members (excludes halogenated alkanes) is 39. The predicted molar refractivity (Wildman–Crippen MR) is 249 cm³/mol. The summed E-state index contributed by atoms with van der Waals surface area (Å²) in [5.41, 5.74) is 0. The molecule has 0 bridgehead atoms. The van der Waals surface area contributed by atoms with E-state index in [0.717, 1.165) is 25.7 Å². The molecule has 0 aromatic carbocycles. The van der Waals surface area contributed by atoms with Crippen LogP contribution in [0.25, 0.3) is 0 Å². The molecule has 56 heavy (non-hydrogen) atoms. The van der Waals surface area contributed by atoms with Gasteiger partial charge in [0.2, 0.25) is 5.91 Å². The van der Waals surface area contributed by atoms with E-state index in [0.29, 0.717) is 12.8 Å². The lowest BCUT2D eigenvalue weighted by Crippen LogP contribution is -2.45. The molecule has 4 nitrogen and oxygen atoms in total. The quantitative estimate of drug-likeness (QED) is 0.0425. The normalized spacial score (nSPS) is 12.9. The topological polar surface area (TPSA) is 69.6 Å². The maximum absolute atomic E-state index is 12.4. The number of rotatable bonds is 48. The molecule has 0 radical (unpaired) electrons. The third kappa shape index (κ3) is 44.2. The van der Waals surface area contributed by atoms with Crippen molar-refractivity contribution < 1.29 is 15.0 Å². The SMILES string of the molecule is CCCCCCCCC/C=C\CCCCCCCCCC(=O)NC(CO)C(O)CCCCCCCCCCCCCCCCCCCCCCCCCCCC. The van der Waals surface area contributed by atoms with Gasteiger partial charge in [-0.2, -0.15) is 0 Å². The average molecular weight is 790 g/mol. The van der Waals surface area contributed by atoms with Gasteiger partial charge >= 0.3 is 0 Å². The Kier molecular flexibility index (Phi) is 47.7. The van der Waals surface area contributed by atoms with Crippen LogP contribution in [-0.4, -0.2) is 34.9 Å². The van der Waals surface area contributed by atoms with Crippen molar-refractivity contribution >= 4 is 5.91 Å². The number of carbonyl (C=O) groups excluding carboxylic acids is 1. The molecule has 0 spiro atoms. The lowest BCUT2D eigenvalue weighted by Gasteiger charge is -2.22. The summed E-state index contributed by atoms with van der Waals surface area (Å²) in [5.74, 6) is -0.0311. The van der Waals surface area contributed by atoms with E-state index in [-0.39, 0.29) is 12.5 Å². The van der Waals surface area contributed by atoms with Gasteiger partial charge in [-0.15, -0.1) is 0 Å². The van der Waals surface area contributed by atoms with Crippen LogP contribution < -0.4 is 5.32 Å². The molecule has 0 aliphatic carbocycles. The fourth-order valence-corrected chi connectivity index (χ4v) is 8.30. The van der Waals surface area contributed by atoms with Crippen LogP contribution in [0.3, 0.4) is 0 Å². The van der Waals surface area contributed by atoms with E-state index in [1.54, 1.807) is 0 Å². The van der Waals surface area contributed by atoms with E-state index in [9.17, 15) is 15.0 Å². The second kappa shape index (κ2) is 48.5. The molecule has 2 unspecified atom stereocenters. The van der Waals surface area contributed by atoms with Gasteiger partial charge in [0.25, 0.3) is 0 Å². The zero-order valence-corrected chi connectivity index (χ0v) is 38.4. The Morgan fingerprint density at radius 3 is 0.982 bits per heavy atom. The zero-order valence-electron chi connectivity index (χ0n) is 38.4. The van der Waals surface area contributed by atoms with Crippen molar-refractivity contribution in [3.8, 4) is 0 Å². The van der Waals surface area contributed by atoms with E-state index < -0.39 is 12.1 Å². The summed E-state index contributed by atoms with van der Waals surface area (Å²) in [6.45, 7) is 4.38. The highest BCUT2D eigenvalue weighted by molar-refractivity contribution is 5.76. The highest BCUT2D eigenvalue weighted by atomic mass is 16.3. The fraction of sp³-hybridized carbons (Fsp3) is 0.942. The summed E-state index contributed by atoms with van der Waals surface area (Å²) >= 11 is 0. The average Bonchev–Trinajstić information content (AvgIpc) is 3.20. The van der Waals surface area contributed by atoms with E-state index in [1.807, 2.05) is 0 Å². The number of aliphatic hydroxyl groups is 2. The first-order valence-electron chi connectivity index (χ1n) is 25.9. The van der Waals surface area contributed by atoms with Crippen LogP contribution in [0, 0.1) is 0 Å². The van der Waals surface area contributed by atoms with Crippen LogP contribution in [-0.2, 0) is 4.79 Å². The molecule has 0 aromatic rings. The monoisotopic (exact) mass is 790 g/mol. The molecule has 0 aliphatic heterocycles. The van der Waals surface area contributed by atoms with Gasteiger partial charge in [0.1, 0.15) is 0 Å². The van der Waals surface area contributed by atoms with Crippen LogP contribution in [0.5, 0.6) is 0 Å². The number of aliphatic hydroxyl groups excluding tert-OH is 2. The second-order valence-electron chi connectivity index (χ2n) is 17.9. The molecule has 0 heterocycles. The van der Waals surface area contributed by atoms with Crippen LogP contribution in [0.4, 0.5) is 0 Å². The molecule has 4 heteroatoms. The van der Waals surface area contributed by atoms with Crippen LogP contribution in [0.1, 0.15) is 296 Å². The number of carbonyl (C=O) groups is 1. The highest BCUT2D eigenvalue weighted by Gasteiger charge is 2.20. The van der Waals surface area contributed by atoms with Crippen molar-refractivity contribution in [3.05, 3.63) is 12.2 Å². The maximum atomic E-state index is 12.4. The first kappa shape index (κ1) is 55.1. The number of hydrogen-bond acceptors (Lipinski definition) is 3. The minimum absolute atomic E-state index is 0.0311. The summed E-state index contributed by atoms with van der Waals surface area (Å²) < 4.78 is 0. The van der Waals surface area contributed by atoms with Crippen LogP contribution >= 0.6 is 0 Å². The van der Waals surface area contributed by atoms with E-state index >= 15 is 0 Å². The van der Waals surface area contributed by atoms with Crippen molar-refractivity contribution in [1.82, 2.24) is 5.32 Å². The molecule has 1 amide bonds. The smallest absolute Gasteiger partial charge is 0.220 e. The molecule has 2 atom stereocenters. The van der Waals surface area contributed by atoms with Crippen molar-refractivity contribution in [1.29, 1.82) is 0 Å². The number of nitrogens with one attached hydrogen (secondary N) is 1. The van der Waals surface area contributed by atoms with E-state index in [4.69, 9.17) is 0 Å². The van der Waals surface area contributed by atoms with Crippen molar-refractivity contribution in [2.45, 2.75) is 309 Å². The first-order valence-corrected chi connectivity index (χ1v) is 25.9. The van der Waals surface area contributed by atoms with E-state index in [1.165, 1.54) is 244 Å². The third-order valence-corrected chi connectivity index (χ3v) is 12.3. The van der Waals surface area contributed by atoms with Crippen molar-refractivity contribution in [2.24, 2.45) is 0 Å². The largest absolute Gasteiger partial charge is 0.394 e. The van der Waals surface area contributed by atoms with E-state index in [2.05, 4.69) is 31.3 Å². The minimum atomic E-state index is -0.659. The Morgan fingerprint density at radius 2 is 0.679 bits per heavy atom. The summed E-state index contributed by atoms with van der Waals surface area (Å²) in [5, 5.41) is 23.3. The Hall–Kier alpha value is -0.870. The molecular formula is C52H103NO3. The Balaban J connectivity index is 3.44. The number of amides is 1. The van der Waals surface area contributed by atoms with Crippen molar-refractivity contribution in [3.63, 3.8) is 0 Å². The van der Waals surface area contributed by atoms with Gasteiger partial charge in [0.05, 0.1) is 18.8 Å². The predicted octanol–water partition coefficient (Wildman–Crippen LogP) is 16.6. The Labute approximate surface area is 352 Å². The summed E-state index contributed by atoms with van der Waals surface area (Å²) in [7, 11) is 0. The molecule has 0 rings (SSSR count). The molecule has 3 N–H and O–H groups in total. The number of allylic oxidation sites excluding steroid dienone is 2. The summed E-state index contributed by atoms with van der Waals surface area (Å²) in [6.07, 6.45) is 61.8. The van der Waals surface area contributed by atoms with Gasteiger partial charge in [-0.05, 0) is 38.5 Å². The van der Waals surface area contributed by atoms with Gasteiger partial charge in [-0.3, -0.25) is 4.79 Å². The molecule has 0 aromatic heterocycles. The highest BCUT2D eigenvalue weighted by Crippen LogP contribution is 2.17. The molecule has 0 fully saturated rings. The first-order chi connectivity index (χ1) is 27.7. The molecule has 0 saturated heterocycles. The fourth-order valence-electron chi connectivity index (χ4n) is 8.30.